The fraction of sp³-hybridized carbons (Fsp3) is 0.0667. The average molecular weight is 251 g/mol. The minimum Gasteiger partial charge on any atom is -0.424 e. The van der Waals surface area contributed by atoms with Crippen LogP contribution in [0, 0.1) is 6.92 Å². The van der Waals surface area contributed by atoms with Crippen LogP contribution in [0.2, 0.25) is 0 Å². The molecule has 19 heavy (non-hydrogen) atoms. The Morgan fingerprint density at radius 3 is 2.79 bits per heavy atom. The van der Waals surface area contributed by atoms with Crippen LogP contribution in [0.4, 0.5) is 5.69 Å². The predicted molar refractivity (Wildman–Crippen MR) is 75.2 cm³/mol. The van der Waals surface area contributed by atoms with Gasteiger partial charge in [-0.25, -0.2) is 4.98 Å². The minimum absolute atomic E-state index is 0.326. The number of hydrogen-bond acceptors (Lipinski definition) is 4. The quantitative estimate of drug-likeness (QED) is 0.710. The Hall–Kier alpha value is -2.62. The number of hydrogen-bond donors (Lipinski definition) is 1. The highest BCUT2D eigenvalue weighted by atomic mass is 16.5. The Labute approximate surface area is 110 Å². The third-order valence-corrected chi connectivity index (χ3v) is 2.99. The smallest absolute Gasteiger partial charge is 0.322 e. The molecule has 0 unspecified atom stereocenters. The van der Waals surface area contributed by atoms with E-state index in [1.165, 1.54) is 0 Å². The number of para-hydroxylation sites is 1. The van der Waals surface area contributed by atoms with Gasteiger partial charge in [-0.3, -0.25) is 0 Å². The van der Waals surface area contributed by atoms with E-state index in [4.69, 9.17) is 10.5 Å². The molecule has 0 aliphatic heterocycles. The van der Waals surface area contributed by atoms with Crippen LogP contribution in [-0.2, 0) is 0 Å². The highest BCUT2D eigenvalue weighted by Gasteiger charge is 2.06. The summed E-state index contributed by atoms with van der Waals surface area (Å²) in [4.78, 5) is 8.57. The number of ether oxygens (including phenoxy) is 1. The molecule has 0 spiro atoms. The summed E-state index contributed by atoms with van der Waals surface area (Å²) in [5.41, 5.74) is 8.28. The molecule has 0 aliphatic rings. The summed E-state index contributed by atoms with van der Waals surface area (Å²) in [6.07, 6.45) is 1.75. The summed E-state index contributed by atoms with van der Waals surface area (Å²) >= 11 is 0. The zero-order valence-corrected chi connectivity index (χ0v) is 10.5. The van der Waals surface area contributed by atoms with Gasteiger partial charge in [0, 0.05) is 22.8 Å². The van der Waals surface area contributed by atoms with Crippen LogP contribution in [0.15, 0.2) is 48.7 Å². The number of nitrogens with two attached hydrogens (primary N) is 1. The number of benzene rings is 2. The number of nitrogens with zero attached hydrogens (tertiary/aromatic N) is 2. The van der Waals surface area contributed by atoms with Crippen molar-refractivity contribution in [1.82, 2.24) is 9.97 Å². The van der Waals surface area contributed by atoms with Gasteiger partial charge in [0.05, 0.1) is 5.52 Å². The van der Waals surface area contributed by atoms with Gasteiger partial charge < -0.3 is 10.5 Å². The van der Waals surface area contributed by atoms with Gasteiger partial charge in [0.1, 0.15) is 5.75 Å². The molecular formula is C15H13N3O. The molecule has 2 aromatic carbocycles. The first-order valence-electron chi connectivity index (χ1n) is 5.99. The van der Waals surface area contributed by atoms with Crippen LogP contribution >= 0.6 is 0 Å². The molecule has 3 rings (SSSR count). The lowest BCUT2D eigenvalue weighted by atomic mass is 10.2. The number of anilines is 1. The van der Waals surface area contributed by atoms with Crippen LogP contribution in [0.1, 0.15) is 5.56 Å². The average Bonchev–Trinajstić information content (AvgIpc) is 2.44. The maximum absolute atomic E-state index is 5.84. The van der Waals surface area contributed by atoms with E-state index in [1.807, 2.05) is 49.4 Å². The second-order valence-corrected chi connectivity index (χ2v) is 4.28. The summed E-state index contributed by atoms with van der Waals surface area (Å²) < 4.78 is 5.70. The zero-order chi connectivity index (χ0) is 13.2. The van der Waals surface area contributed by atoms with E-state index < -0.39 is 0 Å². The van der Waals surface area contributed by atoms with Gasteiger partial charge in [-0.15, -0.1) is 0 Å². The monoisotopic (exact) mass is 251 g/mol. The molecule has 2 N–H and O–H groups in total. The standard InChI is InChI=1S/C15H13N3O/c1-10-12(16)6-4-8-14(10)19-15-17-9-11-5-2-3-7-13(11)18-15/h2-9H,16H2,1H3. The van der Waals surface area contributed by atoms with Crippen molar-refractivity contribution < 1.29 is 4.74 Å². The van der Waals surface area contributed by atoms with Crippen LogP contribution in [-0.4, -0.2) is 9.97 Å². The first-order chi connectivity index (χ1) is 9.24. The molecule has 4 nitrogen and oxygen atoms in total. The van der Waals surface area contributed by atoms with Crippen LogP contribution in [0.5, 0.6) is 11.8 Å². The van der Waals surface area contributed by atoms with Crippen LogP contribution < -0.4 is 10.5 Å². The second kappa shape index (κ2) is 4.57. The Morgan fingerprint density at radius 2 is 1.89 bits per heavy atom. The lowest BCUT2D eigenvalue weighted by Crippen LogP contribution is -1.96. The van der Waals surface area contributed by atoms with Crippen molar-refractivity contribution in [3.05, 3.63) is 54.2 Å². The molecule has 0 atom stereocenters. The second-order valence-electron chi connectivity index (χ2n) is 4.28. The normalized spacial score (nSPS) is 10.6. The van der Waals surface area contributed by atoms with Crippen LogP contribution in [0.3, 0.4) is 0 Å². The molecule has 0 fully saturated rings. The van der Waals surface area contributed by atoms with Gasteiger partial charge in [-0.1, -0.05) is 24.3 Å². The lowest BCUT2D eigenvalue weighted by Gasteiger charge is -2.08. The highest BCUT2D eigenvalue weighted by molar-refractivity contribution is 5.77. The Kier molecular flexibility index (Phi) is 2.76. The summed E-state index contributed by atoms with van der Waals surface area (Å²) in [6, 6.07) is 13.6. The first kappa shape index (κ1) is 11.5. The summed E-state index contributed by atoms with van der Waals surface area (Å²) in [6.45, 7) is 1.91. The fourth-order valence-corrected chi connectivity index (χ4v) is 1.84. The number of rotatable bonds is 2. The van der Waals surface area contributed by atoms with Gasteiger partial charge in [0.25, 0.3) is 0 Å². The van der Waals surface area contributed by atoms with E-state index in [2.05, 4.69) is 9.97 Å². The van der Waals surface area contributed by atoms with E-state index in [1.54, 1.807) is 6.20 Å². The van der Waals surface area contributed by atoms with Crippen molar-refractivity contribution in [3.63, 3.8) is 0 Å². The topological polar surface area (TPSA) is 61.0 Å². The third kappa shape index (κ3) is 2.20. The molecule has 3 aromatic rings. The highest BCUT2D eigenvalue weighted by Crippen LogP contribution is 2.26. The van der Waals surface area contributed by atoms with Crippen molar-refractivity contribution in [2.75, 3.05) is 5.73 Å². The number of aromatic nitrogens is 2. The molecule has 4 heteroatoms. The lowest BCUT2D eigenvalue weighted by molar-refractivity contribution is 0.441. The molecule has 0 saturated heterocycles. The van der Waals surface area contributed by atoms with Gasteiger partial charge >= 0.3 is 6.01 Å². The minimum atomic E-state index is 0.326. The van der Waals surface area contributed by atoms with E-state index in [9.17, 15) is 0 Å². The molecule has 0 radical (unpaired) electrons. The molecular weight excluding hydrogens is 238 g/mol. The van der Waals surface area contributed by atoms with Gasteiger partial charge in [0.15, 0.2) is 0 Å². The van der Waals surface area contributed by atoms with Gasteiger partial charge in [-0.05, 0) is 25.1 Å². The number of fused-ring (bicyclic) bond motifs is 1. The summed E-state index contributed by atoms with van der Waals surface area (Å²) in [5, 5.41) is 0.985. The van der Waals surface area contributed by atoms with Crippen molar-refractivity contribution in [3.8, 4) is 11.8 Å². The maximum atomic E-state index is 5.84. The zero-order valence-electron chi connectivity index (χ0n) is 10.5. The molecule has 0 amide bonds. The van der Waals surface area contributed by atoms with Gasteiger partial charge in [-0.2, -0.15) is 4.98 Å². The molecule has 0 bridgehead atoms. The first-order valence-corrected chi connectivity index (χ1v) is 5.99. The summed E-state index contributed by atoms with van der Waals surface area (Å²) in [5.74, 6) is 0.676. The largest absolute Gasteiger partial charge is 0.424 e. The van der Waals surface area contributed by atoms with E-state index in [-0.39, 0.29) is 0 Å². The molecule has 1 aromatic heterocycles. The fourth-order valence-electron chi connectivity index (χ4n) is 1.84. The van der Waals surface area contributed by atoms with Gasteiger partial charge in [0.2, 0.25) is 0 Å². The SMILES string of the molecule is Cc1c(N)cccc1Oc1ncc2ccccc2n1. The van der Waals surface area contributed by atoms with Crippen molar-refractivity contribution in [1.29, 1.82) is 0 Å². The third-order valence-electron chi connectivity index (χ3n) is 2.99. The van der Waals surface area contributed by atoms with Crippen molar-refractivity contribution in [2.24, 2.45) is 0 Å². The Morgan fingerprint density at radius 1 is 1.05 bits per heavy atom. The van der Waals surface area contributed by atoms with Crippen LogP contribution in [0.25, 0.3) is 10.9 Å². The molecule has 94 valence electrons. The maximum Gasteiger partial charge on any atom is 0.322 e. The van der Waals surface area contributed by atoms with E-state index in [0.717, 1.165) is 16.5 Å². The van der Waals surface area contributed by atoms with Crippen molar-refractivity contribution >= 4 is 16.6 Å². The molecule has 0 aliphatic carbocycles. The van der Waals surface area contributed by atoms with E-state index >= 15 is 0 Å². The Bertz CT molecular complexity index is 740. The van der Waals surface area contributed by atoms with Crippen molar-refractivity contribution in [2.45, 2.75) is 6.92 Å². The summed E-state index contributed by atoms with van der Waals surface area (Å²) in [7, 11) is 0. The molecule has 1 heterocycles. The molecule has 0 saturated carbocycles. The predicted octanol–water partition coefficient (Wildman–Crippen LogP) is 3.31. The number of nitrogen functional groups attached to an aromatic ring is 1. The van der Waals surface area contributed by atoms with E-state index in [0.29, 0.717) is 17.4 Å². The Balaban J connectivity index is 1.99.